The van der Waals surface area contributed by atoms with Gasteiger partial charge >= 0.3 is 17.9 Å². The quantitative estimate of drug-likeness (QED) is 0.112. The summed E-state index contributed by atoms with van der Waals surface area (Å²) in [4.78, 5) is 39.4. The zero-order valence-corrected chi connectivity index (χ0v) is 29.4. The molecule has 3 saturated heterocycles. The molecule has 3 heterocycles. The van der Waals surface area contributed by atoms with Crippen LogP contribution in [0.15, 0.2) is 72.8 Å². The molecule has 3 aromatic carbocycles. The molecule has 6 unspecified atom stereocenters. The lowest BCUT2D eigenvalue weighted by molar-refractivity contribution is -0.144. The third-order valence-electron chi connectivity index (χ3n) is 10.8. The van der Waals surface area contributed by atoms with Crippen LogP contribution in [-0.4, -0.2) is 77.3 Å². The van der Waals surface area contributed by atoms with E-state index >= 15 is 0 Å². The summed E-state index contributed by atoms with van der Waals surface area (Å²) in [5, 5.41) is 38.8. The Morgan fingerprint density at radius 3 is 1.10 bits per heavy atom. The third kappa shape index (κ3) is 10.3. The smallest absolute Gasteiger partial charge is 0.307 e. The average Bonchev–Trinajstić information content (AvgIpc) is 3.82. The predicted octanol–water partition coefficient (Wildman–Crippen LogP) is 4.45. The van der Waals surface area contributed by atoms with Gasteiger partial charge in [-0.15, -0.1) is 0 Å². The molecule has 10 nitrogen and oxygen atoms in total. The molecule has 6 rings (SSSR count). The zero-order chi connectivity index (χ0) is 41.8. The summed E-state index contributed by atoms with van der Waals surface area (Å²) >= 11 is 0. The van der Waals surface area contributed by atoms with E-state index in [1.54, 1.807) is 0 Å². The molecule has 52 heavy (non-hydrogen) atoms. The van der Waals surface area contributed by atoms with Crippen molar-refractivity contribution in [2.45, 2.75) is 58.2 Å². The topological polar surface area (TPSA) is 151 Å². The molecule has 6 atom stereocenters. The largest absolute Gasteiger partial charge is 0.481 e. The van der Waals surface area contributed by atoms with E-state index in [9.17, 15) is 29.7 Å². The van der Waals surface area contributed by atoms with Gasteiger partial charge in [0.2, 0.25) is 0 Å². The minimum Gasteiger partial charge on any atom is -0.481 e. The van der Waals surface area contributed by atoms with Crippen LogP contribution in [0.4, 0.5) is 0 Å². The summed E-state index contributed by atoms with van der Waals surface area (Å²) in [7, 11) is 0. The van der Waals surface area contributed by atoms with Crippen molar-refractivity contribution < 1.29 is 37.9 Å². The second-order valence-electron chi connectivity index (χ2n) is 14.6. The highest BCUT2D eigenvalue weighted by Gasteiger charge is 2.33. The van der Waals surface area contributed by atoms with Gasteiger partial charge in [0.15, 0.2) is 0 Å². The highest BCUT2D eigenvalue weighted by Crippen LogP contribution is 2.28. The number of nitrogens with one attached hydrogen (secondary N) is 3. The molecule has 0 amide bonds. The lowest BCUT2D eigenvalue weighted by Gasteiger charge is -2.25. The molecule has 0 bridgehead atoms. The minimum atomic E-state index is -1.61. The summed E-state index contributed by atoms with van der Waals surface area (Å²) in [6.45, 7) is -2.55. The van der Waals surface area contributed by atoms with Gasteiger partial charge in [0, 0.05) is 27.9 Å². The number of carboxylic acid groups (broad SMARTS) is 3. The van der Waals surface area contributed by atoms with E-state index in [4.69, 9.17) is 8.22 Å². The molecule has 3 aliphatic rings. The monoisotopic (exact) mass is 716 g/mol. The highest BCUT2D eigenvalue weighted by atomic mass is 16.4. The van der Waals surface area contributed by atoms with Gasteiger partial charge in [-0.2, -0.15) is 0 Å². The van der Waals surface area contributed by atoms with Crippen molar-refractivity contribution in [1.29, 1.82) is 0 Å². The van der Waals surface area contributed by atoms with Crippen molar-refractivity contribution in [1.82, 2.24) is 20.9 Å². The number of hydrogen-bond donors (Lipinski definition) is 6. The van der Waals surface area contributed by atoms with Crippen molar-refractivity contribution in [2.24, 2.45) is 35.5 Å². The average molecular weight is 717 g/mol. The van der Waals surface area contributed by atoms with Gasteiger partial charge in [0.1, 0.15) is 0 Å². The van der Waals surface area contributed by atoms with Gasteiger partial charge in [-0.05, 0) is 129 Å². The third-order valence-corrected chi connectivity index (χ3v) is 10.8. The molecule has 3 aliphatic heterocycles. The van der Waals surface area contributed by atoms with Crippen LogP contribution < -0.4 is 16.0 Å². The van der Waals surface area contributed by atoms with Crippen molar-refractivity contribution in [3.63, 3.8) is 0 Å². The molecule has 10 heteroatoms. The van der Waals surface area contributed by atoms with Gasteiger partial charge in [0.05, 0.1) is 17.8 Å². The zero-order valence-electron chi connectivity index (χ0n) is 35.4. The molecule has 6 N–H and O–H groups in total. The summed E-state index contributed by atoms with van der Waals surface area (Å²) in [5.74, 6) is -6.23. The summed E-state index contributed by atoms with van der Waals surface area (Å²) in [5.41, 5.74) is 5.32. The summed E-state index contributed by atoms with van der Waals surface area (Å²) < 4.78 is 48.2. The maximum absolute atomic E-state index is 12.4. The fraction of sp³-hybridized carbons (Fsp3) is 0.500. The van der Waals surface area contributed by atoms with Gasteiger partial charge in [0.25, 0.3) is 0 Å². The Bertz CT molecular complexity index is 1730. The molecular formula is C42H54N4O6. The first-order chi connectivity index (χ1) is 27.3. The number of hydrogen-bond acceptors (Lipinski definition) is 7. The molecule has 0 radical (unpaired) electrons. The Kier molecular flexibility index (Phi) is 10.6. The van der Waals surface area contributed by atoms with E-state index in [1.807, 2.05) is 72.8 Å². The predicted molar refractivity (Wildman–Crippen MR) is 200 cm³/mol. The number of nitrogens with zero attached hydrogens (tertiary/aromatic N) is 1. The number of benzene rings is 3. The molecular weight excluding hydrogens is 656 g/mol. The number of aliphatic carboxylic acids is 3. The molecule has 0 spiro atoms. The Balaban J connectivity index is 1.23. The normalized spacial score (nSPS) is 26.6. The fourth-order valence-electron chi connectivity index (χ4n) is 7.93. The van der Waals surface area contributed by atoms with Crippen LogP contribution in [0, 0.1) is 35.5 Å². The van der Waals surface area contributed by atoms with E-state index in [1.165, 1.54) is 0 Å². The van der Waals surface area contributed by atoms with Gasteiger partial charge < -0.3 is 31.3 Å². The van der Waals surface area contributed by atoms with Crippen molar-refractivity contribution >= 4 is 17.9 Å². The van der Waals surface area contributed by atoms with E-state index in [0.717, 1.165) is 33.4 Å². The van der Waals surface area contributed by atoms with E-state index in [2.05, 4.69) is 20.9 Å². The summed E-state index contributed by atoms with van der Waals surface area (Å²) in [6.07, 6.45) is 1.12. The maximum Gasteiger partial charge on any atom is 0.307 e. The number of carbonyl (C=O) groups is 3. The Hall–Kier alpha value is -4.09. The van der Waals surface area contributed by atoms with Crippen molar-refractivity contribution in [3.05, 3.63) is 106 Å². The van der Waals surface area contributed by atoms with E-state index in [-0.39, 0.29) is 75.9 Å². The molecule has 278 valence electrons. The second kappa shape index (κ2) is 18.1. The van der Waals surface area contributed by atoms with Gasteiger partial charge in [-0.3, -0.25) is 19.3 Å². The van der Waals surface area contributed by atoms with Crippen LogP contribution in [0.3, 0.4) is 0 Å². The fourth-order valence-corrected chi connectivity index (χ4v) is 7.93. The Morgan fingerprint density at radius 1 is 0.558 bits per heavy atom. The van der Waals surface area contributed by atoms with Crippen LogP contribution in [0.1, 0.15) is 60.9 Å². The number of rotatable bonds is 18. The van der Waals surface area contributed by atoms with Crippen LogP contribution >= 0.6 is 0 Å². The van der Waals surface area contributed by atoms with Gasteiger partial charge in [-0.25, -0.2) is 0 Å². The maximum atomic E-state index is 12.4. The van der Waals surface area contributed by atoms with Crippen LogP contribution in [0.2, 0.25) is 0 Å². The van der Waals surface area contributed by atoms with Crippen molar-refractivity contribution in [2.75, 3.05) is 39.1 Å². The Labute approximate surface area is 315 Å². The lowest BCUT2D eigenvalue weighted by Crippen LogP contribution is -2.28. The molecule has 0 saturated carbocycles. The summed E-state index contributed by atoms with van der Waals surface area (Å²) in [6, 6.07) is 23.3. The standard InChI is InChI=1S/C42H54N4O6/c47-40(48)37(34-10-13-43-22-34)19-28-4-1-7-31(16-28)25-46(26-32-8-2-5-29(17-32)20-38(41(49)50)35-11-14-44-23-35)27-33-9-3-6-30(18-33)21-39(42(51)52)36-12-15-45-24-36/h1-9,16-18,34-39,43-45H,10-15,19-27H2,(H,47,48)(H,49,50)(H,51,52)/i13D2,14D2,15D2. The first kappa shape index (κ1) is 30.4. The highest BCUT2D eigenvalue weighted by molar-refractivity contribution is 5.72. The first-order valence-electron chi connectivity index (χ1n) is 21.2. The van der Waals surface area contributed by atoms with Crippen LogP contribution in [0.5, 0.6) is 0 Å². The molecule has 3 aromatic rings. The van der Waals surface area contributed by atoms with Crippen LogP contribution in [-0.2, 0) is 53.3 Å². The lowest BCUT2D eigenvalue weighted by atomic mass is 9.85. The van der Waals surface area contributed by atoms with Crippen LogP contribution in [0.25, 0.3) is 0 Å². The number of carboxylic acids is 3. The second-order valence-corrected chi connectivity index (χ2v) is 14.6. The molecule has 3 fully saturated rings. The van der Waals surface area contributed by atoms with Gasteiger partial charge in [-0.1, -0.05) is 72.8 Å². The molecule has 0 aliphatic carbocycles. The Morgan fingerprint density at radius 2 is 0.846 bits per heavy atom. The SMILES string of the molecule is [2H]C1([2H])CC(C(Cc2cccc(CN(Cc3cccc(CC(C(=O)O)C4CNC([2H])([2H])C4)c3)Cc3cccc(CC(C(=O)O)C4CNC([2H])([2H])C4)c3)c2)C(=O)O)CN1. The van der Waals surface area contributed by atoms with E-state index < -0.39 is 55.2 Å². The minimum absolute atomic E-state index is 0.121. The first-order valence-corrected chi connectivity index (χ1v) is 18.2. The van der Waals surface area contributed by atoms with Crippen molar-refractivity contribution in [3.8, 4) is 0 Å². The van der Waals surface area contributed by atoms with E-state index in [0.29, 0.717) is 19.6 Å². The molecule has 0 aromatic heterocycles.